The molecule has 0 amide bonds. The summed E-state index contributed by atoms with van der Waals surface area (Å²) in [5.74, 6) is 0.995. The van der Waals surface area contributed by atoms with Crippen LogP contribution in [0.25, 0.3) is 0 Å². The van der Waals surface area contributed by atoms with E-state index in [1.54, 1.807) is 11.8 Å². The molecule has 0 aliphatic heterocycles. The largest absolute Gasteiger partial charge is 0.380 e. The Balaban J connectivity index is 2.20. The Kier molecular flexibility index (Phi) is 5.47. The topological polar surface area (TPSA) is 35.8 Å². The van der Waals surface area contributed by atoms with Gasteiger partial charge in [-0.3, -0.25) is 0 Å². The maximum atomic E-state index is 9.41. The Bertz CT molecular complexity index is 468. The van der Waals surface area contributed by atoms with E-state index in [0.29, 0.717) is 11.3 Å². The molecule has 2 nitrogen and oxygen atoms in total. The summed E-state index contributed by atoms with van der Waals surface area (Å²) in [6.07, 6.45) is 5.96. The maximum Gasteiger partial charge on any atom is 0.102 e. The molecule has 2 atom stereocenters. The highest BCUT2D eigenvalue weighted by atomic mass is 32.2. The van der Waals surface area contributed by atoms with Crippen LogP contribution in [-0.4, -0.2) is 23.3 Å². The molecule has 0 spiro atoms. The molecule has 0 radical (unpaired) electrons. The third-order valence-electron chi connectivity index (χ3n) is 3.53. The molecule has 1 aliphatic rings. The van der Waals surface area contributed by atoms with E-state index in [4.69, 9.17) is 0 Å². The van der Waals surface area contributed by atoms with Gasteiger partial charge in [0.1, 0.15) is 6.07 Å². The molecular weight excluding hydrogens is 272 g/mol. The smallest absolute Gasteiger partial charge is 0.102 e. The van der Waals surface area contributed by atoms with E-state index < -0.39 is 0 Å². The minimum atomic E-state index is 0.504. The summed E-state index contributed by atoms with van der Waals surface area (Å²) in [4.78, 5) is 1.09. The first-order valence-electron chi connectivity index (χ1n) is 6.75. The summed E-state index contributed by atoms with van der Waals surface area (Å²) in [6, 6.07) is 8.99. The van der Waals surface area contributed by atoms with Gasteiger partial charge in [0.05, 0.1) is 11.3 Å². The fraction of sp³-hybridized carbons (Fsp3) is 0.533. The monoisotopic (exact) mass is 292 g/mol. The van der Waals surface area contributed by atoms with Crippen LogP contribution >= 0.6 is 23.5 Å². The predicted molar refractivity (Wildman–Crippen MR) is 86.1 cm³/mol. The van der Waals surface area contributed by atoms with Gasteiger partial charge >= 0.3 is 0 Å². The number of rotatable bonds is 5. The molecule has 0 aromatic heterocycles. The molecule has 1 fully saturated rings. The van der Waals surface area contributed by atoms with Crippen molar-refractivity contribution in [3.8, 4) is 6.07 Å². The zero-order valence-electron chi connectivity index (χ0n) is 11.5. The van der Waals surface area contributed by atoms with Gasteiger partial charge in [-0.15, -0.1) is 11.8 Å². The van der Waals surface area contributed by atoms with Gasteiger partial charge in [0.25, 0.3) is 0 Å². The second-order valence-electron chi connectivity index (χ2n) is 4.68. The summed E-state index contributed by atoms with van der Waals surface area (Å²) in [5.41, 5.74) is 1.81. The average molecular weight is 292 g/mol. The van der Waals surface area contributed by atoms with E-state index >= 15 is 0 Å². The molecule has 1 aliphatic carbocycles. The highest BCUT2D eigenvalue weighted by Gasteiger charge is 2.27. The van der Waals surface area contributed by atoms with E-state index in [2.05, 4.69) is 24.6 Å². The molecule has 1 N–H and O–H groups in total. The zero-order valence-corrected chi connectivity index (χ0v) is 13.1. The molecule has 102 valence electrons. The second kappa shape index (κ2) is 7.12. The Morgan fingerprint density at radius 1 is 1.42 bits per heavy atom. The quantitative estimate of drug-likeness (QED) is 0.818. The number of anilines is 1. The highest BCUT2D eigenvalue weighted by molar-refractivity contribution is 7.99. The Morgan fingerprint density at radius 2 is 2.26 bits per heavy atom. The highest BCUT2D eigenvalue weighted by Crippen LogP contribution is 2.33. The van der Waals surface area contributed by atoms with Crippen LogP contribution < -0.4 is 5.32 Å². The lowest BCUT2D eigenvalue weighted by molar-refractivity contribution is 0.768. The van der Waals surface area contributed by atoms with Crippen molar-refractivity contribution in [3.63, 3.8) is 0 Å². The van der Waals surface area contributed by atoms with Crippen LogP contribution in [0.2, 0.25) is 0 Å². The number of nitriles is 1. The van der Waals surface area contributed by atoms with Crippen molar-refractivity contribution in [1.82, 2.24) is 0 Å². The van der Waals surface area contributed by atoms with Crippen LogP contribution in [-0.2, 0) is 0 Å². The number of nitrogens with zero attached hydrogens (tertiary/aromatic N) is 1. The maximum absolute atomic E-state index is 9.41. The second-order valence-corrected chi connectivity index (χ2v) is 7.06. The molecule has 1 aromatic rings. The van der Waals surface area contributed by atoms with Crippen molar-refractivity contribution in [3.05, 3.63) is 23.8 Å². The predicted octanol–water partition coefficient (Wildman–Crippen LogP) is 4.37. The molecule has 2 rings (SSSR count). The van der Waals surface area contributed by atoms with Gasteiger partial charge in [0.2, 0.25) is 0 Å². The summed E-state index contributed by atoms with van der Waals surface area (Å²) in [5, 5.41) is 13.7. The lowest BCUT2D eigenvalue weighted by atomic mass is 10.1. The minimum Gasteiger partial charge on any atom is -0.380 e. The zero-order chi connectivity index (χ0) is 13.7. The van der Waals surface area contributed by atoms with Gasteiger partial charge in [-0.25, -0.2) is 0 Å². The minimum absolute atomic E-state index is 0.504. The normalized spacial score (nSPS) is 22.2. The van der Waals surface area contributed by atoms with Crippen LogP contribution in [0.5, 0.6) is 0 Å². The number of thioether (sulfide) groups is 2. The molecule has 4 heteroatoms. The SMILES string of the molecule is CCSc1cccc(NC2CCCC2SC)c1C#N. The molecular formula is C15H20N2S2. The average Bonchev–Trinajstić information content (AvgIpc) is 2.87. The van der Waals surface area contributed by atoms with E-state index in [0.717, 1.165) is 21.9 Å². The molecule has 1 saturated carbocycles. The van der Waals surface area contributed by atoms with Crippen molar-refractivity contribution in [2.45, 2.75) is 42.4 Å². The van der Waals surface area contributed by atoms with Crippen molar-refractivity contribution >= 4 is 29.2 Å². The number of hydrogen-bond donors (Lipinski definition) is 1. The van der Waals surface area contributed by atoms with E-state index in [1.165, 1.54) is 19.3 Å². The number of hydrogen-bond acceptors (Lipinski definition) is 4. The molecule has 19 heavy (non-hydrogen) atoms. The Hall–Kier alpha value is -0.790. The number of nitrogens with one attached hydrogen (secondary N) is 1. The Labute approximate surface area is 124 Å². The summed E-state index contributed by atoms with van der Waals surface area (Å²) in [7, 11) is 0. The third-order valence-corrected chi connectivity index (χ3v) is 5.64. The van der Waals surface area contributed by atoms with Gasteiger partial charge in [-0.05, 0) is 37.0 Å². The fourth-order valence-electron chi connectivity index (χ4n) is 2.62. The van der Waals surface area contributed by atoms with Crippen LogP contribution in [0, 0.1) is 11.3 Å². The summed E-state index contributed by atoms with van der Waals surface area (Å²) in [6.45, 7) is 2.12. The van der Waals surface area contributed by atoms with Crippen LogP contribution in [0.15, 0.2) is 23.1 Å². The first kappa shape index (κ1) is 14.6. The molecule has 0 saturated heterocycles. The first-order chi connectivity index (χ1) is 9.30. The van der Waals surface area contributed by atoms with Crippen molar-refractivity contribution in [2.24, 2.45) is 0 Å². The number of benzene rings is 1. The van der Waals surface area contributed by atoms with Gasteiger partial charge in [-0.2, -0.15) is 17.0 Å². The lowest BCUT2D eigenvalue weighted by Gasteiger charge is -2.21. The first-order valence-corrected chi connectivity index (χ1v) is 9.02. The third kappa shape index (κ3) is 3.40. The van der Waals surface area contributed by atoms with Crippen molar-refractivity contribution in [2.75, 3.05) is 17.3 Å². The lowest BCUT2D eigenvalue weighted by Crippen LogP contribution is -2.26. The van der Waals surface area contributed by atoms with Gasteiger partial charge in [0.15, 0.2) is 0 Å². The van der Waals surface area contributed by atoms with E-state index in [9.17, 15) is 5.26 Å². The standard InChI is InChI=1S/C15H20N2S2/c1-3-19-14-8-4-6-12(11(14)10-16)17-13-7-5-9-15(13)18-2/h4,6,8,13,15,17H,3,5,7,9H2,1-2H3. The van der Waals surface area contributed by atoms with Crippen LogP contribution in [0.1, 0.15) is 31.7 Å². The van der Waals surface area contributed by atoms with Crippen molar-refractivity contribution < 1.29 is 0 Å². The van der Waals surface area contributed by atoms with Crippen LogP contribution in [0.4, 0.5) is 5.69 Å². The van der Waals surface area contributed by atoms with Gasteiger partial charge in [-0.1, -0.05) is 19.4 Å². The van der Waals surface area contributed by atoms with Gasteiger partial charge in [0, 0.05) is 16.2 Å². The molecule has 1 aromatic carbocycles. The van der Waals surface area contributed by atoms with Crippen molar-refractivity contribution in [1.29, 1.82) is 5.26 Å². The fourth-order valence-corrected chi connectivity index (χ4v) is 4.34. The summed E-state index contributed by atoms with van der Waals surface area (Å²) >= 11 is 3.67. The summed E-state index contributed by atoms with van der Waals surface area (Å²) < 4.78 is 0. The van der Waals surface area contributed by atoms with E-state index in [1.807, 2.05) is 30.0 Å². The molecule has 2 unspecified atom stereocenters. The van der Waals surface area contributed by atoms with E-state index in [-0.39, 0.29) is 0 Å². The van der Waals surface area contributed by atoms with Gasteiger partial charge < -0.3 is 5.32 Å². The molecule has 0 heterocycles. The van der Waals surface area contributed by atoms with Crippen LogP contribution in [0.3, 0.4) is 0 Å². The molecule has 0 bridgehead atoms. The Morgan fingerprint density at radius 3 is 2.95 bits per heavy atom.